The van der Waals surface area contributed by atoms with Crippen LogP contribution in [0.2, 0.25) is 0 Å². The molecule has 0 amide bonds. The largest absolute Gasteiger partial charge is 0.325 e. The second kappa shape index (κ2) is 4.15. The summed E-state index contributed by atoms with van der Waals surface area (Å²) in [5, 5.41) is 4.42. The first-order chi connectivity index (χ1) is 7.41. The Morgan fingerprint density at radius 1 is 1.62 bits per heavy atom. The van der Waals surface area contributed by atoms with Crippen LogP contribution < -0.4 is 5.73 Å². The van der Waals surface area contributed by atoms with Gasteiger partial charge in [-0.25, -0.2) is 0 Å². The van der Waals surface area contributed by atoms with Crippen molar-refractivity contribution in [2.75, 3.05) is 0 Å². The molecule has 1 aliphatic carbocycles. The van der Waals surface area contributed by atoms with Gasteiger partial charge in [-0.3, -0.25) is 4.68 Å². The number of hydrogen-bond donors (Lipinski definition) is 1. The molecule has 1 fully saturated rings. The maximum atomic E-state index is 6.47. The van der Waals surface area contributed by atoms with Crippen LogP contribution >= 0.6 is 15.9 Å². The normalized spacial score (nSPS) is 29.9. The van der Waals surface area contributed by atoms with Gasteiger partial charge in [0.05, 0.1) is 15.9 Å². The summed E-state index contributed by atoms with van der Waals surface area (Å²) in [6, 6.07) is 0. The molecule has 0 aliphatic heterocycles. The summed E-state index contributed by atoms with van der Waals surface area (Å²) in [6.07, 6.45) is 4.44. The van der Waals surface area contributed by atoms with Gasteiger partial charge in [-0.1, -0.05) is 6.92 Å². The van der Waals surface area contributed by atoms with E-state index in [4.69, 9.17) is 5.73 Å². The van der Waals surface area contributed by atoms with Crippen molar-refractivity contribution in [1.82, 2.24) is 9.78 Å². The molecule has 16 heavy (non-hydrogen) atoms. The molecule has 0 spiro atoms. The van der Waals surface area contributed by atoms with Gasteiger partial charge in [0.15, 0.2) is 0 Å². The van der Waals surface area contributed by atoms with Crippen LogP contribution in [0.15, 0.2) is 4.47 Å². The molecule has 2 atom stereocenters. The van der Waals surface area contributed by atoms with Gasteiger partial charge in [-0.2, -0.15) is 5.10 Å². The minimum atomic E-state index is -0.0256. The van der Waals surface area contributed by atoms with Crippen LogP contribution in [0.4, 0.5) is 0 Å². The molecular formula is C12H20BrN3. The zero-order chi connectivity index (χ0) is 11.9. The molecule has 2 N–H and O–H groups in total. The Labute approximate surface area is 106 Å². The molecule has 2 unspecified atom stereocenters. The number of aromatic nitrogens is 2. The highest BCUT2D eigenvalue weighted by molar-refractivity contribution is 9.10. The van der Waals surface area contributed by atoms with Crippen molar-refractivity contribution in [3.8, 4) is 0 Å². The molecule has 0 aromatic carbocycles. The third-order valence-corrected chi connectivity index (χ3v) is 4.70. The third-order valence-electron chi connectivity index (χ3n) is 3.67. The topological polar surface area (TPSA) is 43.8 Å². The number of halogens is 1. The second-order valence-corrected chi connectivity index (χ2v) is 6.15. The molecule has 4 heteroatoms. The standard InChI is InChI=1S/C12H20BrN3/c1-8-4-5-12(14,6-8)7-10-11(13)9(2)15-16(10)3/h8H,4-7,14H2,1-3H3. The summed E-state index contributed by atoms with van der Waals surface area (Å²) in [5.41, 5.74) is 8.72. The summed E-state index contributed by atoms with van der Waals surface area (Å²) in [5.74, 6) is 0.762. The van der Waals surface area contributed by atoms with Crippen molar-refractivity contribution in [2.24, 2.45) is 18.7 Å². The summed E-state index contributed by atoms with van der Waals surface area (Å²) in [4.78, 5) is 0. The average Bonchev–Trinajstić information content (AvgIpc) is 2.63. The van der Waals surface area contributed by atoms with Gasteiger partial charge in [0.1, 0.15) is 0 Å². The molecule has 3 nitrogen and oxygen atoms in total. The Kier molecular flexibility index (Phi) is 3.14. The predicted octanol–water partition coefficient (Wildman–Crippen LogP) is 2.55. The van der Waals surface area contributed by atoms with Crippen molar-refractivity contribution >= 4 is 15.9 Å². The Morgan fingerprint density at radius 2 is 2.31 bits per heavy atom. The van der Waals surface area contributed by atoms with E-state index in [-0.39, 0.29) is 5.54 Å². The summed E-state index contributed by atoms with van der Waals surface area (Å²) in [7, 11) is 1.99. The van der Waals surface area contributed by atoms with E-state index >= 15 is 0 Å². The van der Waals surface area contributed by atoms with Crippen LogP contribution in [0.25, 0.3) is 0 Å². The minimum absolute atomic E-state index is 0.0256. The summed E-state index contributed by atoms with van der Waals surface area (Å²) in [6.45, 7) is 4.31. The average molecular weight is 286 g/mol. The Hall–Kier alpha value is -0.350. The first-order valence-corrected chi connectivity index (χ1v) is 6.67. The summed E-state index contributed by atoms with van der Waals surface area (Å²) >= 11 is 3.61. The van der Waals surface area contributed by atoms with Crippen molar-refractivity contribution in [3.63, 3.8) is 0 Å². The fourth-order valence-corrected chi connectivity index (χ4v) is 3.27. The molecule has 1 saturated carbocycles. The van der Waals surface area contributed by atoms with Crippen LogP contribution in [-0.2, 0) is 13.5 Å². The monoisotopic (exact) mass is 285 g/mol. The van der Waals surface area contributed by atoms with Gasteiger partial charge in [0, 0.05) is 19.0 Å². The van der Waals surface area contributed by atoms with E-state index in [9.17, 15) is 0 Å². The first-order valence-electron chi connectivity index (χ1n) is 5.88. The first kappa shape index (κ1) is 12.1. The Balaban J connectivity index is 2.21. The maximum Gasteiger partial charge on any atom is 0.0738 e. The van der Waals surface area contributed by atoms with Crippen LogP contribution in [-0.4, -0.2) is 15.3 Å². The van der Waals surface area contributed by atoms with E-state index in [0.717, 1.165) is 35.3 Å². The van der Waals surface area contributed by atoms with E-state index < -0.39 is 0 Å². The molecule has 1 aromatic heterocycles. The van der Waals surface area contributed by atoms with E-state index in [1.54, 1.807) is 0 Å². The van der Waals surface area contributed by atoms with Crippen LogP contribution in [0.3, 0.4) is 0 Å². The SMILES string of the molecule is Cc1nn(C)c(CC2(N)CCC(C)C2)c1Br. The molecule has 90 valence electrons. The lowest BCUT2D eigenvalue weighted by atomic mass is 9.91. The fourth-order valence-electron chi connectivity index (χ4n) is 2.80. The van der Waals surface area contributed by atoms with E-state index in [2.05, 4.69) is 28.0 Å². The number of hydrogen-bond acceptors (Lipinski definition) is 2. The highest BCUT2D eigenvalue weighted by atomic mass is 79.9. The Morgan fingerprint density at radius 3 is 2.75 bits per heavy atom. The van der Waals surface area contributed by atoms with Crippen molar-refractivity contribution < 1.29 is 0 Å². The lowest BCUT2D eigenvalue weighted by Gasteiger charge is -2.24. The molecule has 2 rings (SSSR count). The van der Waals surface area contributed by atoms with Crippen LogP contribution in [0.1, 0.15) is 37.6 Å². The van der Waals surface area contributed by atoms with Gasteiger partial charge in [0.25, 0.3) is 0 Å². The smallest absolute Gasteiger partial charge is 0.0738 e. The van der Waals surface area contributed by atoms with Crippen molar-refractivity contribution in [3.05, 3.63) is 15.9 Å². The molecule has 0 radical (unpaired) electrons. The highest BCUT2D eigenvalue weighted by Crippen LogP contribution is 2.36. The lowest BCUT2D eigenvalue weighted by Crippen LogP contribution is -2.39. The minimum Gasteiger partial charge on any atom is -0.325 e. The van der Waals surface area contributed by atoms with Gasteiger partial charge in [-0.15, -0.1) is 0 Å². The van der Waals surface area contributed by atoms with Crippen LogP contribution in [0.5, 0.6) is 0 Å². The molecule has 0 bridgehead atoms. The van der Waals surface area contributed by atoms with Gasteiger partial charge < -0.3 is 5.73 Å². The number of nitrogens with two attached hydrogens (primary N) is 1. The van der Waals surface area contributed by atoms with Crippen LogP contribution in [0, 0.1) is 12.8 Å². The van der Waals surface area contributed by atoms with Gasteiger partial charge in [-0.05, 0) is 48.0 Å². The lowest BCUT2D eigenvalue weighted by molar-refractivity contribution is 0.407. The molecule has 0 saturated heterocycles. The molecule has 1 aromatic rings. The Bertz CT molecular complexity index is 399. The van der Waals surface area contributed by atoms with Gasteiger partial charge >= 0.3 is 0 Å². The third kappa shape index (κ3) is 2.18. The quantitative estimate of drug-likeness (QED) is 0.908. The van der Waals surface area contributed by atoms with E-state index in [0.29, 0.717) is 0 Å². The fraction of sp³-hybridized carbons (Fsp3) is 0.750. The highest BCUT2D eigenvalue weighted by Gasteiger charge is 2.35. The van der Waals surface area contributed by atoms with Crippen molar-refractivity contribution in [1.29, 1.82) is 0 Å². The molecule has 1 aliphatic rings. The van der Waals surface area contributed by atoms with Gasteiger partial charge in [0.2, 0.25) is 0 Å². The zero-order valence-corrected chi connectivity index (χ0v) is 11.8. The molecule has 1 heterocycles. The van der Waals surface area contributed by atoms with Crippen molar-refractivity contribution in [2.45, 2.75) is 45.1 Å². The van der Waals surface area contributed by atoms with E-state index in [1.807, 2.05) is 18.7 Å². The molecular weight excluding hydrogens is 266 g/mol. The number of rotatable bonds is 2. The predicted molar refractivity (Wildman–Crippen MR) is 69.3 cm³/mol. The zero-order valence-electron chi connectivity index (χ0n) is 10.3. The second-order valence-electron chi connectivity index (χ2n) is 5.36. The number of nitrogens with zero attached hydrogens (tertiary/aromatic N) is 2. The number of aryl methyl sites for hydroxylation is 2. The van der Waals surface area contributed by atoms with E-state index in [1.165, 1.54) is 12.1 Å². The summed E-state index contributed by atoms with van der Waals surface area (Å²) < 4.78 is 3.08. The maximum absolute atomic E-state index is 6.47.